The number of aliphatic hydroxyl groups excluding tert-OH is 1. The van der Waals surface area contributed by atoms with Crippen LogP contribution in [0.15, 0.2) is 0 Å². The van der Waals surface area contributed by atoms with Gasteiger partial charge in [0.2, 0.25) is 0 Å². The smallest absolute Gasteiger partial charge is 0.462 e. The second-order valence-electron chi connectivity index (χ2n) is 30.5. The van der Waals surface area contributed by atoms with Crippen LogP contribution in [0, 0.1) is 23.7 Å². The number of carbonyl (C=O) groups is 4. The number of phosphoric ester groups is 2. The van der Waals surface area contributed by atoms with Gasteiger partial charge in [-0.1, -0.05) is 357 Å². The number of esters is 4. The number of ether oxygens (including phenoxy) is 4. The molecule has 0 fully saturated rings. The maximum absolute atomic E-state index is 13.1. The summed E-state index contributed by atoms with van der Waals surface area (Å²) in [5, 5.41) is 10.6. The van der Waals surface area contributed by atoms with Crippen LogP contribution in [0.3, 0.4) is 0 Å². The number of phosphoric acid groups is 2. The van der Waals surface area contributed by atoms with Crippen LogP contribution in [0.25, 0.3) is 0 Å². The van der Waals surface area contributed by atoms with E-state index >= 15 is 0 Å². The molecule has 0 spiro atoms. The number of aliphatic hydroxyl groups is 1. The van der Waals surface area contributed by atoms with Crippen molar-refractivity contribution in [3.05, 3.63) is 0 Å². The molecule has 0 rings (SSSR count). The first kappa shape index (κ1) is 97.1. The molecule has 4 unspecified atom stereocenters. The highest BCUT2D eigenvalue weighted by molar-refractivity contribution is 7.47. The van der Waals surface area contributed by atoms with Crippen molar-refractivity contribution in [1.29, 1.82) is 0 Å². The van der Waals surface area contributed by atoms with Crippen molar-refractivity contribution in [2.45, 2.75) is 427 Å². The van der Waals surface area contributed by atoms with E-state index in [1.807, 2.05) is 0 Å². The Morgan fingerprint density at radius 1 is 0.283 bits per heavy atom. The van der Waals surface area contributed by atoms with Gasteiger partial charge in [-0.25, -0.2) is 9.13 Å². The second kappa shape index (κ2) is 69.1. The molecule has 0 heterocycles. The summed E-state index contributed by atoms with van der Waals surface area (Å²) in [5.41, 5.74) is 0. The Bertz CT molecular complexity index is 1940. The third-order valence-corrected chi connectivity index (χ3v) is 20.8. The molecular formula is C80H156O17P2. The summed E-state index contributed by atoms with van der Waals surface area (Å²) in [6.45, 7) is 14.3. The Labute approximate surface area is 607 Å². The van der Waals surface area contributed by atoms with Gasteiger partial charge in [0.15, 0.2) is 12.2 Å². The maximum Gasteiger partial charge on any atom is 0.472 e. The van der Waals surface area contributed by atoms with Crippen LogP contribution in [-0.4, -0.2) is 96.7 Å². The summed E-state index contributed by atoms with van der Waals surface area (Å²) < 4.78 is 68.7. The Morgan fingerprint density at radius 3 is 0.717 bits per heavy atom. The van der Waals surface area contributed by atoms with E-state index in [2.05, 4.69) is 55.4 Å². The molecule has 6 atom stereocenters. The van der Waals surface area contributed by atoms with Crippen LogP contribution in [-0.2, 0) is 65.4 Å². The molecule has 0 saturated heterocycles. The van der Waals surface area contributed by atoms with Gasteiger partial charge in [0, 0.05) is 25.7 Å². The quantitative estimate of drug-likeness (QED) is 0.0222. The Balaban J connectivity index is 5.23. The summed E-state index contributed by atoms with van der Waals surface area (Å²) >= 11 is 0. The summed E-state index contributed by atoms with van der Waals surface area (Å²) in [6.07, 6.45) is 55.5. The van der Waals surface area contributed by atoms with E-state index in [9.17, 15) is 43.2 Å². The van der Waals surface area contributed by atoms with Crippen molar-refractivity contribution in [3.63, 3.8) is 0 Å². The average Bonchev–Trinajstić information content (AvgIpc) is 1.07. The van der Waals surface area contributed by atoms with Crippen LogP contribution in [0.2, 0.25) is 0 Å². The van der Waals surface area contributed by atoms with Gasteiger partial charge in [0.05, 0.1) is 26.4 Å². The predicted octanol–water partition coefficient (Wildman–Crippen LogP) is 23.6. The Kier molecular flexibility index (Phi) is 67.8. The first-order valence-electron chi connectivity index (χ1n) is 41.2. The van der Waals surface area contributed by atoms with Crippen molar-refractivity contribution in [3.8, 4) is 0 Å². The van der Waals surface area contributed by atoms with Gasteiger partial charge in [-0.3, -0.25) is 37.3 Å². The van der Waals surface area contributed by atoms with Crippen molar-refractivity contribution < 1.29 is 80.2 Å². The highest BCUT2D eigenvalue weighted by Crippen LogP contribution is 2.45. The van der Waals surface area contributed by atoms with Gasteiger partial charge >= 0.3 is 39.5 Å². The second-order valence-corrected chi connectivity index (χ2v) is 33.4. The molecule has 0 aliphatic heterocycles. The lowest BCUT2D eigenvalue weighted by molar-refractivity contribution is -0.161. The molecule has 0 saturated carbocycles. The molecule has 17 nitrogen and oxygen atoms in total. The van der Waals surface area contributed by atoms with E-state index in [0.29, 0.717) is 25.7 Å². The molecule has 0 radical (unpaired) electrons. The number of carbonyl (C=O) groups excluding carboxylic acids is 4. The van der Waals surface area contributed by atoms with E-state index in [1.54, 1.807) is 0 Å². The Hall–Kier alpha value is -1.94. The van der Waals surface area contributed by atoms with Crippen LogP contribution in [0.4, 0.5) is 0 Å². The summed E-state index contributed by atoms with van der Waals surface area (Å²) in [6, 6.07) is 0. The minimum Gasteiger partial charge on any atom is -0.462 e. The lowest BCUT2D eigenvalue weighted by atomic mass is 9.99. The minimum absolute atomic E-state index is 0.105. The van der Waals surface area contributed by atoms with Gasteiger partial charge in [-0.2, -0.15) is 0 Å². The molecule has 0 aliphatic carbocycles. The molecule has 0 aromatic carbocycles. The number of hydrogen-bond donors (Lipinski definition) is 3. The molecule has 0 aromatic rings. The lowest BCUT2D eigenvalue weighted by Crippen LogP contribution is -2.30. The van der Waals surface area contributed by atoms with Crippen molar-refractivity contribution in [2.75, 3.05) is 39.6 Å². The number of rotatable bonds is 77. The molecule has 0 amide bonds. The monoisotopic (exact) mass is 1450 g/mol. The van der Waals surface area contributed by atoms with Gasteiger partial charge in [0.1, 0.15) is 19.3 Å². The molecule has 0 aliphatic rings. The van der Waals surface area contributed by atoms with Crippen molar-refractivity contribution in [1.82, 2.24) is 0 Å². The van der Waals surface area contributed by atoms with Crippen LogP contribution in [0.5, 0.6) is 0 Å². The Morgan fingerprint density at radius 2 is 0.485 bits per heavy atom. The zero-order valence-electron chi connectivity index (χ0n) is 65.1. The fourth-order valence-corrected chi connectivity index (χ4v) is 13.8. The van der Waals surface area contributed by atoms with Gasteiger partial charge in [0.25, 0.3) is 0 Å². The lowest BCUT2D eigenvalue weighted by Gasteiger charge is -2.21. The molecule has 0 bridgehead atoms. The molecule has 0 aromatic heterocycles. The topological polar surface area (TPSA) is 237 Å². The highest BCUT2D eigenvalue weighted by Gasteiger charge is 2.30. The van der Waals surface area contributed by atoms with Crippen LogP contribution < -0.4 is 0 Å². The zero-order chi connectivity index (χ0) is 73.1. The van der Waals surface area contributed by atoms with E-state index in [4.69, 9.17) is 37.0 Å². The molecule has 3 N–H and O–H groups in total. The van der Waals surface area contributed by atoms with Gasteiger partial charge < -0.3 is 33.8 Å². The number of hydrogen-bond acceptors (Lipinski definition) is 15. The molecule has 19 heteroatoms. The van der Waals surface area contributed by atoms with Crippen molar-refractivity contribution in [2.24, 2.45) is 23.7 Å². The van der Waals surface area contributed by atoms with Crippen LogP contribution >= 0.6 is 15.6 Å². The maximum atomic E-state index is 13.1. The van der Waals surface area contributed by atoms with Crippen LogP contribution in [0.1, 0.15) is 409 Å². The molecular weight excluding hydrogens is 1290 g/mol. The first-order valence-corrected chi connectivity index (χ1v) is 44.2. The van der Waals surface area contributed by atoms with E-state index in [0.717, 1.165) is 114 Å². The summed E-state index contributed by atoms with van der Waals surface area (Å²) in [5.74, 6) is 0.992. The van der Waals surface area contributed by atoms with E-state index in [-0.39, 0.29) is 25.7 Å². The normalized spacial score (nSPS) is 14.3. The zero-order valence-corrected chi connectivity index (χ0v) is 66.9. The fraction of sp³-hybridized carbons (Fsp3) is 0.950. The third kappa shape index (κ3) is 72.8. The molecule has 99 heavy (non-hydrogen) atoms. The van der Waals surface area contributed by atoms with Crippen molar-refractivity contribution >= 4 is 39.5 Å². The SMILES string of the molecule is CCC(C)CCCCCCCCCCCCC(=O)O[C@H](COC(=O)CCCCCCCCCCC(C)C)COP(=O)(O)OCC(O)COP(=O)(O)OC[C@@H](COC(=O)CCCCCCCCCCCCC(C)C)OC(=O)CCCCCCCCCCCCCCCCCCCCC(C)C. The van der Waals surface area contributed by atoms with Gasteiger partial charge in [-0.15, -0.1) is 0 Å². The highest BCUT2D eigenvalue weighted by atomic mass is 31.2. The third-order valence-electron chi connectivity index (χ3n) is 18.9. The van der Waals surface area contributed by atoms with E-state index < -0.39 is 97.5 Å². The summed E-state index contributed by atoms with van der Waals surface area (Å²) in [7, 11) is -9.92. The van der Waals surface area contributed by atoms with E-state index in [1.165, 1.54) is 212 Å². The van der Waals surface area contributed by atoms with Gasteiger partial charge in [-0.05, 0) is 49.4 Å². The number of unbranched alkanes of at least 4 members (excludes halogenated alkanes) is 42. The average molecular weight is 1450 g/mol. The fourth-order valence-electron chi connectivity index (χ4n) is 12.2. The first-order chi connectivity index (χ1) is 47.6. The predicted molar refractivity (Wildman–Crippen MR) is 404 cm³/mol. The summed E-state index contributed by atoms with van der Waals surface area (Å²) in [4.78, 5) is 73.0. The standard InChI is InChI=1S/C80H156O17P2/c1-9-73(8)59-51-43-35-26-21-23-29-39-47-55-63-80(85)97-76(67-91-78(83)61-53-45-37-31-30-34-42-50-58-72(6)7)69-95-99(88,89)93-65-74(81)64-92-98(86,87)94-68-75(66-90-77(82)60-52-44-36-27-22-20-25-33-41-49-57-71(4)5)96-79(84)62-54-46-38-28-19-17-15-13-11-10-12-14-16-18-24-32-40-48-56-70(2)3/h70-76,81H,9-69H2,1-8H3,(H,86,87)(H,88,89)/t73?,74?,75-,76-/m1/s1. The largest absolute Gasteiger partial charge is 0.472 e. The molecule has 588 valence electrons. The minimum atomic E-state index is -4.96.